The molecule has 0 atom stereocenters. The van der Waals surface area contributed by atoms with Crippen molar-refractivity contribution in [2.75, 3.05) is 0 Å². The van der Waals surface area contributed by atoms with Crippen LogP contribution >= 0.6 is 0 Å². The molecule has 0 saturated heterocycles. The first-order valence-corrected chi connectivity index (χ1v) is 3.26. The Morgan fingerprint density at radius 1 is 1.10 bits per heavy atom. The van der Waals surface area contributed by atoms with Gasteiger partial charge in [-0.15, -0.1) is 0 Å². The average Bonchev–Trinajstić information content (AvgIpc) is 1.91. The molecule has 10 heavy (non-hydrogen) atoms. The van der Waals surface area contributed by atoms with Crippen LogP contribution in [0.5, 0.6) is 0 Å². The summed E-state index contributed by atoms with van der Waals surface area (Å²) in [5.41, 5.74) is 1.38. The molecule has 0 radical (unpaired) electrons. The van der Waals surface area contributed by atoms with Crippen LogP contribution in [0.25, 0.3) is 0 Å². The zero-order valence-corrected chi connectivity index (χ0v) is 6.51. The van der Waals surface area contributed by atoms with Gasteiger partial charge < -0.3 is 6.92 Å². The Morgan fingerprint density at radius 2 is 1.70 bits per heavy atom. The number of aryl methyl sites for hydroxylation is 1. The van der Waals surface area contributed by atoms with Gasteiger partial charge in [-0.3, -0.25) is 0 Å². The molecule has 0 saturated carbocycles. The summed E-state index contributed by atoms with van der Waals surface area (Å²) < 4.78 is 0. The summed E-state index contributed by atoms with van der Waals surface area (Å²) >= 11 is 0. The van der Waals surface area contributed by atoms with E-state index in [0.29, 0.717) is 0 Å². The van der Waals surface area contributed by atoms with Crippen molar-refractivity contribution < 1.29 is 18.9 Å². The van der Waals surface area contributed by atoms with Gasteiger partial charge in [-0.1, -0.05) is 42.3 Å². The third-order valence-electron chi connectivity index (χ3n) is 1.31. The van der Waals surface area contributed by atoms with Gasteiger partial charge in [-0.05, 0) is 0 Å². The van der Waals surface area contributed by atoms with E-state index in [4.69, 9.17) is 0 Å². The Labute approximate surface area is 74.8 Å². The van der Waals surface area contributed by atoms with Gasteiger partial charge >= 0.3 is 18.9 Å². The van der Waals surface area contributed by atoms with Crippen LogP contribution in [0, 0.1) is 6.92 Å². The Morgan fingerprint density at radius 3 is 2.20 bits per heavy atom. The minimum atomic E-state index is 0. The zero-order chi connectivity index (χ0) is 6.53. The van der Waals surface area contributed by atoms with Gasteiger partial charge in [0.1, 0.15) is 0 Å². The van der Waals surface area contributed by atoms with E-state index in [1.54, 1.807) is 0 Å². The number of benzene rings is 1. The molecule has 0 fully saturated rings. The summed E-state index contributed by atoms with van der Waals surface area (Å²) in [4.78, 5) is 0. The predicted octanol–water partition coefficient (Wildman–Crippen LogP) is -0.543. The molecule has 0 aliphatic heterocycles. The van der Waals surface area contributed by atoms with Crippen molar-refractivity contribution in [2.45, 2.75) is 12.8 Å². The van der Waals surface area contributed by atoms with Crippen LogP contribution < -0.4 is 18.9 Å². The summed E-state index contributed by atoms with van der Waals surface area (Å²) in [5, 5.41) is 0. The molecular weight excluding hydrogens is 115 g/mol. The molecule has 0 aliphatic carbocycles. The van der Waals surface area contributed by atoms with Crippen molar-refractivity contribution in [3.05, 3.63) is 42.8 Å². The Bertz CT molecular complexity index is 158. The van der Waals surface area contributed by atoms with Crippen LogP contribution in [0.3, 0.4) is 0 Å². The van der Waals surface area contributed by atoms with E-state index in [9.17, 15) is 0 Å². The number of rotatable bonds is 2. The largest absolute Gasteiger partial charge is 1.00 e. The van der Waals surface area contributed by atoms with Crippen molar-refractivity contribution in [1.82, 2.24) is 0 Å². The van der Waals surface area contributed by atoms with E-state index in [2.05, 4.69) is 31.2 Å². The molecule has 0 nitrogen and oxygen atoms in total. The number of hydrogen-bond acceptors (Lipinski definition) is 0. The fraction of sp³-hybridized carbons (Fsp3) is 0.222. The minimum Gasteiger partial charge on any atom is -0.343 e. The van der Waals surface area contributed by atoms with Crippen LogP contribution in [0.4, 0.5) is 0 Å². The first-order valence-electron chi connectivity index (χ1n) is 3.26. The molecule has 0 aliphatic rings. The molecular formula is C9H11Li. The fourth-order valence-corrected chi connectivity index (χ4v) is 0.849. The van der Waals surface area contributed by atoms with Gasteiger partial charge in [0.25, 0.3) is 0 Å². The average molecular weight is 126 g/mol. The second-order valence-electron chi connectivity index (χ2n) is 2.09. The number of hydrogen-bond donors (Lipinski definition) is 0. The summed E-state index contributed by atoms with van der Waals surface area (Å²) in [6, 6.07) is 10.4. The van der Waals surface area contributed by atoms with Gasteiger partial charge in [-0.2, -0.15) is 6.42 Å². The molecule has 0 amide bonds. The monoisotopic (exact) mass is 126 g/mol. The van der Waals surface area contributed by atoms with E-state index in [1.165, 1.54) is 5.56 Å². The summed E-state index contributed by atoms with van der Waals surface area (Å²) in [6.45, 7) is 3.78. The van der Waals surface area contributed by atoms with Crippen molar-refractivity contribution >= 4 is 0 Å². The second-order valence-corrected chi connectivity index (χ2v) is 2.09. The molecule has 48 valence electrons. The van der Waals surface area contributed by atoms with Crippen molar-refractivity contribution in [3.63, 3.8) is 0 Å². The first-order chi connectivity index (χ1) is 4.43. The Hall–Kier alpha value is -0.183. The van der Waals surface area contributed by atoms with Crippen molar-refractivity contribution in [3.8, 4) is 0 Å². The smallest absolute Gasteiger partial charge is 0.343 e. The molecule has 1 rings (SSSR count). The Kier molecular flexibility index (Phi) is 5.49. The molecule has 0 unspecified atom stereocenters. The van der Waals surface area contributed by atoms with Crippen molar-refractivity contribution in [2.24, 2.45) is 0 Å². The van der Waals surface area contributed by atoms with Gasteiger partial charge in [0.15, 0.2) is 0 Å². The van der Waals surface area contributed by atoms with Crippen molar-refractivity contribution in [1.29, 1.82) is 0 Å². The molecule has 1 heteroatoms. The Balaban J connectivity index is 0.000000810. The van der Waals surface area contributed by atoms with Crippen LogP contribution in [-0.4, -0.2) is 0 Å². The van der Waals surface area contributed by atoms with Gasteiger partial charge in [0.2, 0.25) is 0 Å². The predicted molar refractivity (Wildman–Crippen MR) is 40.1 cm³/mol. The summed E-state index contributed by atoms with van der Waals surface area (Å²) in [7, 11) is 0. The van der Waals surface area contributed by atoms with Crippen LogP contribution in [-0.2, 0) is 6.42 Å². The molecule has 1 aromatic carbocycles. The maximum atomic E-state index is 3.78. The third kappa shape index (κ3) is 3.10. The molecule has 1 aromatic rings. The summed E-state index contributed by atoms with van der Waals surface area (Å²) in [6.07, 6.45) is 2.09. The quantitative estimate of drug-likeness (QED) is 0.368. The van der Waals surface area contributed by atoms with Crippen LogP contribution in [0.15, 0.2) is 30.3 Å². The molecule has 0 bridgehead atoms. The third-order valence-corrected chi connectivity index (χ3v) is 1.31. The topological polar surface area (TPSA) is 0 Å². The maximum absolute atomic E-state index is 3.78. The van der Waals surface area contributed by atoms with Gasteiger partial charge in [0.05, 0.1) is 0 Å². The summed E-state index contributed by atoms with van der Waals surface area (Å²) in [5.74, 6) is 0. The van der Waals surface area contributed by atoms with E-state index in [1.807, 2.05) is 6.07 Å². The zero-order valence-electron chi connectivity index (χ0n) is 6.51. The van der Waals surface area contributed by atoms with Crippen LogP contribution in [0.2, 0.25) is 0 Å². The second kappa shape index (κ2) is 5.59. The molecule has 0 spiro atoms. The van der Waals surface area contributed by atoms with E-state index < -0.39 is 0 Å². The van der Waals surface area contributed by atoms with E-state index in [-0.39, 0.29) is 18.9 Å². The maximum Gasteiger partial charge on any atom is 1.00 e. The van der Waals surface area contributed by atoms with Gasteiger partial charge in [0, 0.05) is 0 Å². The van der Waals surface area contributed by atoms with Gasteiger partial charge in [-0.25, -0.2) is 0 Å². The molecule has 0 aromatic heterocycles. The minimum absolute atomic E-state index is 0. The van der Waals surface area contributed by atoms with E-state index >= 15 is 0 Å². The SMILES string of the molecule is [CH2-]CCc1ccccc1.[Li+]. The molecule has 0 heterocycles. The normalized spacial score (nSPS) is 8.50. The molecule has 0 N–H and O–H groups in total. The van der Waals surface area contributed by atoms with Crippen LogP contribution in [0.1, 0.15) is 12.0 Å². The standard InChI is InChI=1S/C9H11.Li/c1-2-6-9-7-4-3-5-8-9;/h3-5,7-8H,1-2,6H2;/q-1;+1. The fourth-order valence-electron chi connectivity index (χ4n) is 0.849. The van der Waals surface area contributed by atoms with E-state index in [0.717, 1.165) is 12.8 Å². The first kappa shape index (κ1) is 9.82.